The number of hydrogen-bond donors (Lipinski definition) is 1. The molecule has 2 N–H and O–H groups in total. The van der Waals surface area contributed by atoms with E-state index in [1.165, 1.54) is 0 Å². The Kier molecular flexibility index (Phi) is 3.49. The molecule has 1 aliphatic carbocycles. The Bertz CT molecular complexity index is 636. The summed E-state index contributed by atoms with van der Waals surface area (Å²) in [6.45, 7) is 4.09. The van der Waals surface area contributed by atoms with Crippen molar-refractivity contribution in [3.05, 3.63) is 40.8 Å². The van der Waals surface area contributed by atoms with Crippen molar-refractivity contribution in [3.63, 3.8) is 0 Å². The molecule has 2 aromatic heterocycles. The third-order valence-corrected chi connectivity index (χ3v) is 3.90. The second kappa shape index (κ2) is 5.29. The fourth-order valence-electron chi connectivity index (χ4n) is 2.81. The molecule has 0 aromatic carbocycles. The van der Waals surface area contributed by atoms with Crippen LogP contribution in [0.1, 0.15) is 47.7 Å². The van der Waals surface area contributed by atoms with Gasteiger partial charge in [0, 0.05) is 29.7 Å². The largest absolute Gasteiger partial charge is 0.324 e. The van der Waals surface area contributed by atoms with E-state index in [0.717, 1.165) is 59.6 Å². The molecule has 20 heavy (non-hydrogen) atoms. The summed E-state index contributed by atoms with van der Waals surface area (Å²) < 4.78 is 0. The van der Waals surface area contributed by atoms with Crippen LogP contribution in [0, 0.1) is 13.8 Å². The van der Waals surface area contributed by atoms with Crippen LogP contribution in [0.3, 0.4) is 0 Å². The molecule has 0 bridgehead atoms. The van der Waals surface area contributed by atoms with E-state index in [2.05, 4.69) is 23.0 Å². The minimum atomic E-state index is 0.0774. The third kappa shape index (κ3) is 2.43. The van der Waals surface area contributed by atoms with Crippen molar-refractivity contribution >= 4 is 0 Å². The van der Waals surface area contributed by atoms with Gasteiger partial charge in [0.25, 0.3) is 0 Å². The number of nitrogens with two attached hydrogens (primary N) is 1. The number of hydrogen-bond acceptors (Lipinski definition) is 4. The van der Waals surface area contributed by atoms with Crippen molar-refractivity contribution in [2.75, 3.05) is 0 Å². The van der Waals surface area contributed by atoms with Crippen LogP contribution in [0.15, 0.2) is 18.5 Å². The van der Waals surface area contributed by atoms with Gasteiger partial charge in [-0.2, -0.15) is 0 Å². The molecule has 0 saturated carbocycles. The van der Waals surface area contributed by atoms with Crippen molar-refractivity contribution in [1.82, 2.24) is 15.0 Å². The van der Waals surface area contributed by atoms with Crippen LogP contribution in [0.4, 0.5) is 0 Å². The van der Waals surface area contributed by atoms with Crippen LogP contribution in [0.2, 0.25) is 0 Å². The van der Waals surface area contributed by atoms with E-state index >= 15 is 0 Å². The zero-order valence-electron chi connectivity index (χ0n) is 12.1. The maximum atomic E-state index is 6.19. The molecule has 1 atom stereocenters. The molecule has 4 nitrogen and oxygen atoms in total. The van der Waals surface area contributed by atoms with Crippen molar-refractivity contribution < 1.29 is 0 Å². The highest BCUT2D eigenvalue weighted by Crippen LogP contribution is 2.27. The van der Waals surface area contributed by atoms with Gasteiger partial charge in [-0.25, -0.2) is 9.97 Å². The summed E-state index contributed by atoms with van der Waals surface area (Å²) in [5.74, 6) is 0.718. The van der Waals surface area contributed by atoms with E-state index in [1.54, 1.807) is 0 Å². The van der Waals surface area contributed by atoms with Gasteiger partial charge in [-0.05, 0) is 44.2 Å². The average molecular weight is 268 g/mol. The lowest BCUT2D eigenvalue weighted by molar-refractivity contribution is 0.614. The van der Waals surface area contributed by atoms with Gasteiger partial charge >= 0.3 is 0 Å². The monoisotopic (exact) mass is 268 g/mol. The zero-order chi connectivity index (χ0) is 14.1. The van der Waals surface area contributed by atoms with Crippen LogP contribution in [0.5, 0.6) is 0 Å². The molecule has 0 radical (unpaired) electrons. The van der Waals surface area contributed by atoms with Crippen molar-refractivity contribution in [2.45, 2.75) is 45.6 Å². The summed E-state index contributed by atoms with van der Waals surface area (Å²) in [5, 5.41) is 0. The van der Waals surface area contributed by atoms with Gasteiger partial charge in [-0.1, -0.05) is 12.5 Å². The molecule has 0 saturated heterocycles. The Morgan fingerprint density at radius 2 is 2.00 bits per heavy atom. The predicted molar refractivity (Wildman–Crippen MR) is 79.2 cm³/mol. The van der Waals surface area contributed by atoms with E-state index < -0.39 is 0 Å². The topological polar surface area (TPSA) is 64.7 Å². The maximum Gasteiger partial charge on any atom is 0.178 e. The lowest BCUT2D eigenvalue weighted by Gasteiger charge is -2.12. The molecule has 104 valence electrons. The number of rotatable bonds is 1. The summed E-state index contributed by atoms with van der Waals surface area (Å²) in [6.07, 6.45) is 8.09. The molecular formula is C16H20N4. The maximum absolute atomic E-state index is 6.19. The van der Waals surface area contributed by atoms with Crippen molar-refractivity contribution in [2.24, 2.45) is 5.73 Å². The molecule has 0 spiro atoms. The Morgan fingerprint density at radius 1 is 1.15 bits per heavy atom. The van der Waals surface area contributed by atoms with E-state index in [-0.39, 0.29) is 6.04 Å². The van der Waals surface area contributed by atoms with Gasteiger partial charge in [-0.3, -0.25) is 4.98 Å². The first-order chi connectivity index (χ1) is 9.65. The number of pyridine rings is 1. The Balaban J connectivity index is 2.05. The molecule has 0 aliphatic heterocycles. The van der Waals surface area contributed by atoms with Crippen LogP contribution < -0.4 is 5.73 Å². The molecular weight excluding hydrogens is 248 g/mol. The standard InChI is InChI=1S/C16H20N4/c1-10-7-11(2)15(18-8-10)16-19-9-12-13(17)5-3-4-6-14(12)20-16/h7-9,13H,3-6,17H2,1-2H3. The van der Waals surface area contributed by atoms with Crippen LogP contribution >= 0.6 is 0 Å². The highest BCUT2D eigenvalue weighted by atomic mass is 14.9. The normalized spacial score (nSPS) is 18.4. The van der Waals surface area contributed by atoms with E-state index in [0.29, 0.717) is 0 Å². The van der Waals surface area contributed by atoms with Gasteiger partial charge in [0.15, 0.2) is 5.82 Å². The fourth-order valence-corrected chi connectivity index (χ4v) is 2.81. The van der Waals surface area contributed by atoms with Crippen molar-refractivity contribution in [3.8, 4) is 11.5 Å². The van der Waals surface area contributed by atoms with Gasteiger partial charge < -0.3 is 5.73 Å². The smallest absolute Gasteiger partial charge is 0.178 e. The first kappa shape index (κ1) is 13.2. The molecule has 2 aromatic rings. The van der Waals surface area contributed by atoms with E-state index in [1.807, 2.05) is 19.3 Å². The Morgan fingerprint density at radius 3 is 2.80 bits per heavy atom. The van der Waals surface area contributed by atoms with Gasteiger partial charge in [0.2, 0.25) is 0 Å². The minimum absolute atomic E-state index is 0.0774. The summed E-state index contributed by atoms with van der Waals surface area (Å²) in [5.41, 5.74) is 11.5. The molecule has 0 fully saturated rings. The Hall–Kier alpha value is -1.81. The van der Waals surface area contributed by atoms with Crippen molar-refractivity contribution in [1.29, 1.82) is 0 Å². The summed E-state index contributed by atoms with van der Waals surface area (Å²) in [7, 11) is 0. The van der Waals surface area contributed by atoms with Crippen LogP contribution in [-0.2, 0) is 6.42 Å². The molecule has 0 amide bonds. The van der Waals surface area contributed by atoms with E-state index in [4.69, 9.17) is 10.7 Å². The zero-order valence-corrected chi connectivity index (χ0v) is 12.1. The highest BCUT2D eigenvalue weighted by molar-refractivity contribution is 5.55. The molecule has 1 aliphatic rings. The molecule has 2 heterocycles. The Labute approximate surface area is 119 Å². The van der Waals surface area contributed by atoms with Gasteiger partial charge in [0.05, 0.1) is 0 Å². The van der Waals surface area contributed by atoms with Gasteiger partial charge in [-0.15, -0.1) is 0 Å². The predicted octanol–water partition coefficient (Wildman–Crippen LogP) is 2.88. The SMILES string of the molecule is Cc1cnc(-c2ncc3c(n2)CCCCC3N)c(C)c1. The lowest BCUT2D eigenvalue weighted by atomic mass is 10.1. The molecule has 1 unspecified atom stereocenters. The first-order valence-corrected chi connectivity index (χ1v) is 7.20. The number of fused-ring (bicyclic) bond motifs is 1. The highest BCUT2D eigenvalue weighted by Gasteiger charge is 2.18. The van der Waals surface area contributed by atoms with Crippen LogP contribution in [-0.4, -0.2) is 15.0 Å². The number of aromatic nitrogens is 3. The second-order valence-electron chi connectivity index (χ2n) is 5.63. The summed E-state index contributed by atoms with van der Waals surface area (Å²) in [4.78, 5) is 13.7. The fraction of sp³-hybridized carbons (Fsp3) is 0.438. The average Bonchev–Trinajstić information content (AvgIpc) is 2.60. The quantitative estimate of drug-likeness (QED) is 0.808. The van der Waals surface area contributed by atoms with Gasteiger partial charge in [0.1, 0.15) is 5.69 Å². The summed E-state index contributed by atoms with van der Waals surface area (Å²) in [6, 6.07) is 2.19. The first-order valence-electron chi connectivity index (χ1n) is 7.20. The minimum Gasteiger partial charge on any atom is -0.324 e. The number of aryl methyl sites for hydroxylation is 3. The second-order valence-corrected chi connectivity index (χ2v) is 5.63. The van der Waals surface area contributed by atoms with E-state index in [9.17, 15) is 0 Å². The summed E-state index contributed by atoms with van der Waals surface area (Å²) >= 11 is 0. The lowest BCUT2D eigenvalue weighted by Crippen LogP contribution is -2.12. The molecule has 4 heteroatoms. The molecule has 3 rings (SSSR count). The number of nitrogens with zero attached hydrogens (tertiary/aromatic N) is 3. The van der Waals surface area contributed by atoms with Crippen LogP contribution in [0.25, 0.3) is 11.5 Å². The third-order valence-electron chi connectivity index (χ3n) is 3.90.